The van der Waals surface area contributed by atoms with E-state index in [1.165, 1.54) is 11.3 Å². The first-order valence-electron chi connectivity index (χ1n) is 7.72. The van der Waals surface area contributed by atoms with Crippen LogP contribution < -0.4 is 10.2 Å². The lowest BCUT2D eigenvalue weighted by Crippen LogP contribution is -2.51. The smallest absolute Gasteiger partial charge is 0.223 e. The number of benzene rings is 1. The Morgan fingerprint density at radius 2 is 2.24 bits per heavy atom. The molecule has 0 spiro atoms. The lowest BCUT2D eigenvalue weighted by atomic mass is 10.1. The SMILES string of the molecule is CCNCc1cc(Cl)ccc1N1CCN2C(=O)CCC2C1. The molecule has 1 atom stereocenters. The third kappa shape index (κ3) is 3.01. The van der Waals surface area contributed by atoms with Crippen LogP contribution in [-0.4, -0.2) is 43.0 Å². The van der Waals surface area contributed by atoms with Gasteiger partial charge in [0.25, 0.3) is 0 Å². The first-order chi connectivity index (χ1) is 10.2. The second-order valence-corrected chi connectivity index (χ2v) is 6.22. The minimum absolute atomic E-state index is 0.323. The number of hydrogen-bond donors (Lipinski definition) is 1. The average Bonchev–Trinajstić information content (AvgIpc) is 2.86. The van der Waals surface area contributed by atoms with Gasteiger partial charge >= 0.3 is 0 Å². The summed E-state index contributed by atoms with van der Waals surface area (Å²) in [5, 5.41) is 4.15. The van der Waals surface area contributed by atoms with Crippen LogP contribution in [0.4, 0.5) is 5.69 Å². The van der Waals surface area contributed by atoms with Crippen molar-refractivity contribution in [2.24, 2.45) is 0 Å². The van der Waals surface area contributed by atoms with E-state index in [9.17, 15) is 4.79 Å². The number of halogens is 1. The summed E-state index contributed by atoms with van der Waals surface area (Å²) in [7, 11) is 0. The Morgan fingerprint density at radius 3 is 3.05 bits per heavy atom. The van der Waals surface area contributed by atoms with Crippen LogP contribution in [0.1, 0.15) is 25.3 Å². The second kappa shape index (κ2) is 6.24. The normalized spacial score (nSPS) is 21.8. The molecule has 114 valence electrons. The van der Waals surface area contributed by atoms with Crippen LogP contribution in [0.15, 0.2) is 18.2 Å². The van der Waals surface area contributed by atoms with E-state index < -0.39 is 0 Å². The maximum Gasteiger partial charge on any atom is 0.223 e. The van der Waals surface area contributed by atoms with Crippen LogP contribution >= 0.6 is 11.6 Å². The highest BCUT2D eigenvalue weighted by Crippen LogP contribution is 2.30. The van der Waals surface area contributed by atoms with Crippen molar-refractivity contribution in [1.29, 1.82) is 0 Å². The van der Waals surface area contributed by atoms with Gasteiger partial charge in [0.2, 0.25) is 5.91 Å². The van der Waals surface area contributed by atoms with Crippen molar-refractivity contribution < 1.29 is 4.79 Å². The van der Waals surface area contributed by atoms with Gasteiger partial charge in [-0.1, -0.05) is 18.5 Å². The van der Waals surface area contributed by atoms with E-state index in [1.54, 1.807) is 0 Å². The lowest BCUT2D eigenvalue weighted by Gasteiger charge is -2.39. The number of amides is 1. The zero-order valence-electron chi connectivity index (χ0n) is 12.4. The fourth-order valence-electron chi connectivity index (χ4n) is 3.35. The van der Waals surface area contributed by atoms with Gasteiger partial charge in [0.15, 0.2) is 0 Å². The first kappa shape index (κ1) is 14.7. The summed E-state index contributed by atoms with van der Waals surface area (Å²) in [5.41, 5.74) is 2.49. The predicted octanol–water partition coefficient (Wildman–Crippen LogP) is 2.26. The van der Waals surface area contributed by atoms with Crippen LogP contribution in [-0.2, 0) is 11.3 Å². The van der Waals surface area contributed by atoms with Crippen molar-refractivity contribution in [3.05, 3.63) is 28.8 Å². The maximum atomic E-state index is 11.8. The highest BCUT2D eigenvalue weighted by Gasteiger charge is 2.35. The fourth-order valence-corrected chi connectivity index (χ4v) is 3.54. The quantitative estimate of drug-likeness (QED) is 0.927. The summed E-state index contributed by atoms with van der Waals surface area (Å²) in [4.78, 5) is 16.2. The number of anilines is 1. The van der Waals surface area contributed by atoms with E-state index in [-0.39, 0.29) is 0 Å². The molecule has 1 N–H and O–H groups in total. The molecule has 0 aromatic heterocycles. The molecule has 2 aliphatic heterocycles. The summed E-state index contributed by atoms with van der Waals surface area (Å²) in [6, 6.07) is 6.50. The maximum absolute atomic E-state index is 11.8. The molecule has 3 rings (SSSR count). The summed E-state index contributed by atoms with van der Waals surface area (Å²) in [5.74, 6) is 0.323. The molecule has 4 nitrogen and oxygen atoms in total. The molecule has 21 heavy (non-hydrogen) atoms. The third-order valence-electron chi connectivity index (χ3n) is 4.44. The molecular formula is C16H22ClN3O. The number of piperazine rings is 1. The number of carbonyl (C=O) groups excluding carboxylic acids is 1. The Hall–Kier alpha value is -1.26. The van der Waals surface area contributed by atoms with Crippen molar-refractivity contribution in [3.63, 3.8) is 0 Å². The van der Waals surface area contributed by atoms with Gasteiger partial charge in [0.05, 0.1) is 0 Å². The van der Waals surface area contributed by atoms with E-state index in [2.05, 4.69) is 28.1 Å². The third-order valence-corrected chi connectivity index (χ3v) is 4.68. The number of rotatable bonds is 4. The summed E-state index contributed by atoms with van der Waals surface area (Å²) >= 11 is 6.14. The monoisotopic (exact) mass is 307 g/mol. The molecule has 2 heterocycles. The molecule has 2 fully saturated rings. The summed E-state index contributed by atoms with van der Waals surface area (Å²) in [6.45, 7) is 6.56. The number of carbonyl (C=O) groups is 1. The number of nitrogens with one attached hydrogen (secondary N) is 1. The van der Waals surface area contributed by atoms with Crippen LogP contribution in [0.2, 0.25) is 5.02 Å². The molecule has 5 heteroatoms. The Labute approximate surface area is 131 Å². The Balaban J connectivity index is 1.79. The van der Waals surface area contributed by atoms with E-state index in [0.29, 0.717) is 18.4 Å². The van der Waals surface area contributed by atoms with Crippen molar-refractivity contribution >= 4 is 23.2 Å². The van der Waals surface area contributed by atoms with Crippen LogP contribution in [0, 0.1) is 0 Å². The van der Waals surface area contributed by atoms with Crippen LogP contribution in [0.5, 0.6) is 0 Å². The van der Waals surface area contributed by atoms with Gasteiger partial charge in [-0.2, -0.15) is 0 Å². The Kier molecular flexibility index (Phi) is 4.36. The van der Waals surface area contributed by atoms with E-state index in [0.717, 1.165) is 44.2 Å². The molecule has 1 aromatic carbocycles. The lowest BCUT2D eigenvalue weighted by molar-refractivity contribution is -0.129. The minimum atomic E-state index is 0.323. The predicted molar refractivity (Wildman–Crippen MR) is 85.8 cm³/mol. The largest absolute Gasteiger partial charge is 0.367 e. The highest BCUT2D eigenvalue weighted by atomic mass is 35.5. The van der Waals surface area contributed by atoms with Crippen LogP contribution in [0.25, 0.3) is 0 Å². The standard InChI is InChI=1S/C16H22ClN3O/c1-2-18-10-12-9-13(17)3-5-15(12)19-7-8-20-14(11-19)4-6-16(20)21/h3,5,9,14,18H,2,4,6-8,10-11H2,1H3. The van der Waals surface area contributed by atoms with Gasteiger partial charge in [-0.3, -0.25) is 4.79 Å². The molecule has 0 bridgehead atoms. The first-order valence-corrected chi connectivity index (χ1v) is 8.10. The zero-order chi connectivity index (χ0) is 14.8. The van der Waals surface area contributed by atoms with Crippen molar-refractivity contribution in [2.45, 2.75) is 32.4 Å². The van der Waals surface area contributed by atoms with Crippen molar-refractivity contribution in [2.75, 3.05) is 31.1 Å². The minimum Gasteiger partial charge on any atom is -0.367 e. The van der Waals surface area contributed by atoms with Crippen molar-refractivity contribution in [1.82, 2.24) is 10.2 Å². The van der Waals surface area contributed by atoms with Gasteiger partial charge in [-0.25, -0.2) is 0 Å². The van der Waals surface area contributed by atoms with Gasteiger partial charge < -0.3 is 15.1 Å². The van der Waals surface area contributed by atoms with Gasteiger partial charge in [-0.05, 0) is 36.7 Å². The Morgan fingerprint density at radius 1 is 1.38 bits per heavy atom. The number of fused-ring (bicyclic) bond motifs is 1. The van der Waals surface area contributed by atoms with Gasteiger partial charge in [0, 0.05) is 49.4 Å². The van der Waals surface area contributed by atoms with E-state index >= 15 is 0 Å². The number of nitrogens with zero attached hydrogens (tertiary/aromatic N) is 2. The summed E-state index contributed by atoms with van der Waals surface area (Å²) < 4.78 is 0. The molecule has 0 aliphatic carbocycles. The summed E-state index contributed by atoms with van der Waals surface area (Å²) in [6.07, 6.45) is 1.70. The zero-order valence-corrected chi connectivity index (χ0v) is 13.2. The molecule has 2 aliphatic rings. The average molecular weight is 308 g/mol. The van der Waals surface area contributed by atoms with Gasteiger partial charge in [-0.15, -0.1) is 0 Å². The molecular weight excluding hydrogens is 286 g/mol. The number of hydrogen-bond acceptors (Lipinski definition) is 3. The van der Waals surface area contributed by atoms with E-state index in [4.69, 9.17) is 11.6 Å². The molecule has 1 amide bonds. The molecule has 2 saturated heterocycles. The van der Waals surface area contributed by atoms with Crippen molar-refractivity contribution in [3.8, 4) is 0 Å². The van der Waals surface area contributed by atoms with E-state index in [1.807, 2.05) is 12.1 Å². The Bertz CT molecular complexity index is 534. The molecule has 0 radical (unpaired) electrons. The van der Waals surface area contributed by atoms with Gasteiger partial charge in [0.1, 0.15) is 0 Å². The molecule has 0 saturated carbocycles. The topological polar surface area (TPSA) is 35.6 Å². The highest BCUT2D eigenvalue weighted by molar-refractivity contribution is 6.30. The molecule has 1 unspecified atom stereocenters. The fraction of sp³-hybridized carbons (Fsp3) is 0.562. The second-order valence-electron chi connectivity index (χ2n) is 5.78. The van der Waals surface area contributed by atoms with Crippen LogP contribution in [0.3, 0.4) is 0 Å². The molecule has 1 aromatic rings.